The van der Waals surface area contributed by atoms with Crippen molar-refractivity contribution in [1.29, 1.82) is 0 Å². The number of hydroxylamine groups is 1. The number of para-hydroxylation sites is 1. The van der Waals surface area contributed by atoms with Crippen molar-refractivity contribution in [3.63, 3.8) is 0 Å². The molecule has 0 aliphatic carbocycles. The number of benzene rings is 2. The fraction of sp³-hybridized carbons (Fsp3) is 0.111. The molecule has 0 aromatic heterocycles. The highest BCUT2D eigenvalue weighted by molar-refractivity contribution is 5.96. The molecule has 0 saturated carbocycles. The SMILES string of the molecule is O=C(C=Cc1ccccc1NC(=O)Cc1ccc2c(c1)OCO2)NO. The van der Waals surface area contributed by atoms with Gasteiger partial charge < -0.3 is 14.8 Å². The zero-order chi connectivity index (χ0) is 17.6. The first-order chi connectivity index (χ1) is 12.2. The predicted molar refractivity (Wildman–Crippen MR) is 90.3 cm³/mol. The summed E-state index contributed by atoms with van der Waals surface area (Å²) < 4.78 is 10.5. The Morgan fingerprint density at radius 3 is 2.76 bits per heavy atom. The van der Waals surface area contributed by atoms with Crippen LogP contribution in [0, 0.1) is 0 Å². The summed E-state index contributed by atoms with van der Waals surface area (Å²) in [4.78, 5) is 23.4. The quantitative estimate of drug-likeness (QED) is 0.440. The summed E-state index contributed by atoms with van der Waals surface area (Å²) in [5.74, 6) is 0.443. The minimum atomic E-state index is -0.651. The summed E-state index contributed by atoms with van der Waals surface area (Å²) in [5.41, 5.74) is 3.52. The van der Waals surface area contributed by atoms with Gasteiger partial charge in [0, 0.05) is 11.8 Å². The molecule has 128 valence electrons. The van der Waals surface area contributed by atoms with E-state index in [0.717, 1.165) is 5.56 Å². The van der Waals surface area contributed by atoms with Crippen LogP contribution in [0.3, 0.4) is 0 Å². The van der Waals surface area contributed by atoms with Crippen molar-refractivity contribution in [2.24, 2.45) is 0 Å². The number of carbonyl (C=O) groups excluding carboxylic acids is 2. The molecule has 1 aliphatic rings. The first-order valence-electron chi connectivity index (χ1n) is 7.55. The molecule has 0 radical (unpaired) electrons. The lowest BCUT2D eigenvalue weighted by atomic mass is 10.1. The van der Waals surface area contributed by atoms with Crippen molar-refractivity contribution >= 4 is 23.6 Å². The van der Waals surface area contributed by atoms with Gasteiger partial charge in [0.05, 0.1) is 6.42 Å². The van der Waals surface area contributed by atoms with E-state index in [0.29, 0.717) is 22.7 Å². The summed E-state index contributed by atoms with van der Waals surface area (Å²) in [5, 5.41) is 11.3. The molecule has 0 unspecified atom stereocenters. The molecule has 2 amide bonds. The van der Waals surface area contributed by atoms with Crippen LogP contribution in [0.5, 0.6) is 11.5 Å². The summed E-state index contributed by atoms with van der Waals surface area (Å²) in [7, 11) is 0. The van der Waals surface area contributed by atoms with Crippen LogP contribution in [0.25, 0.3) is 6.08 Å². The van der Waals surface area contributed by atoms with Crippen LogP contribution < -0.4 is 20.3 Å². The van der Waals surface area contributed by atoms with Crippen LogP contribution in [0.2, 0.25) is 0 Å². The number of carbonyl (C=O) groups is 2. The molecular weight excluding hydrogens is 324 g/mol. The molecule has 3 N–H and O–H groups in total. The third-order valence-corrected chi connectivity index (χ3v) is 3.56. The Hall–Kier alpha value is -3.32. The van der Waals surface area contributed by atoms with Crippen molar-refractivity contribution in [3.05, 3.63) is 59.7 Å². The van der Waals surface area contributed by atoms with Crippen LogP contribution in [0.1, 0.15) is 11.1 Å². The summed E-state index contributed by atoms with van der Waals surface area (Å²) in [6.45, 7) is 0.187. The van der Waals surface area contributed by atoms with Gasteiger partial charge in [0.25, 0.3) is 5.91 Å². The minimum Gasteiger partial charge on any atom is -0.454 e. The second-order valence-corrected chi connectivity index (χ2v) is 5.31. The van der Waals surface area contributed by atoms with Gasteiger partial charge in [-0.3, -0.25) is 14.8 Å². The monoisotopic (exact) mass is 340 g/mol. The van der Waals surface area contributed by atoms with E-state index < -0.39 is 5.91 Å². The van der Waals surface area contributed by atoms with Crippen LogP contribution in [-0.4, -0.2) is 23.8 Å². The van der Waals surface area contributed by atoms with Gasteiger partial charge in [0.1, 0.15) is 0 Å². The molecule has 2 aromatic carbocycles. The van der Waals surface area contributed by atoms with Crippen LogP contribution in [-0.2, 0) is 16.0 Å². The predicted octanol–water partition coefficient (Wildman–Crippen LogP) is 2.12. The summed E-state index contributed by atoms with van der Waals surface area (Å²) in [6.07, 6.45) is 2.84. The van der Waals surface area contributed by atoms with Crippen LogP contribution >= 0.6 is 0 Å². The number of fused-ring (bicyclic) bond motifs is 1. The highest BCUT2D eigenvalue weighted by atomic mass is 16.7. The molecule has 0 saturated heterocycles. The van der Waals surface area contributed by atoms with E-state index in [1.165, 1.54) is 17.6 Å². The standard InChI is InChI=1S/C18H16N2O5/c21-17(20-23)8-6-13-3-1-2-4-14(13)19-18(22)10-12-5-7-15-16(9-12)25-11-24-15/h1-9,23H,10-11H2,(H,19,22)(H,20,21). The Balaban J connectivity index is 1.69. The second-order valence-electron chi connectivity index (χ2n) is 5.31. The van der Waals surface area contributed by atoms with E-state index in [4.69, 9.17) is 14.7 Å². The first kappa shape index (κ1) is 16.5. The molecule has 1 heterocycles. The molecule has 3 rings (SSSR count). The van der Waals surface area contributed by atoms with E-state index in [1.54, 1.807) is 36.4 Å². The van der Waals surface area contributed by atoms with Gasteiger partial charge in [-0.25, -0.2) is 5.48 Å². The Kier molecular flexibility index (Phi) is 4.96. The Labute approximate surface area is 143 Å². The number of nitrogens with one attached hydrogen (secondary N) is 2. The third kappa shape index (κ3) is 4.15. The number of amides is 2. The second kappa shape index (κ2) is 7.50. The molecule has 7 heteroatoms. The number of hydrogen-bond acceptors (Lipinski definition) is 5. The average Bonchev–Trinajstić information content (AvgIpc) is 3.08. The van der Waals surface area contributed by atoms with Crippen molar-refractivity contribution in [2.45, 2.75) is 6.42 Å². The zero-order valence-corrected chi connectivity index (χ0v) is 13.2. The zero-order valence-electron chi connectivity index (χ0n) is 13.2. The number of anilines is 1. The van der Waals surface area contributed by atoms with Gasteiger partial charge >= 0.3 is 0 Å². The largest absolute Gasteiger partial charge is 0.454 e. The van der Waals surface area contributed by atoms with E-state index in [2.05, 4.69) is 5.32 Å². The van der Waals surface area contributed by atoms with Gasteiger partial charge in [0.2, 0.25) is 12.7 Å². The minimum absolute atomic E-state index is 0.172. The lowest BCUT2D eigenvalue weighted by Crippen LogP contribution is -2.16. The molecule has 2 aromatic rings. The average molecular weight is 340 g/mol. The fourth-order valence-electron chi connectivity index (χ4n) is 2.39. The first-order valence-corrected chi connectivity index (χ1v) is 7.55. The van der Waals surface area contributed by atoms with Crippen molar-refractivity contribution in [3.8, 4) is 11.5 Å². The van der Waals surface area contributed by atoms with Gasteiger partial charge in [-0.05, 0) is 35.4 Å². The molecule has 1 aliphatic heterocycles. The normalized spacial score (nSPS) is 12.2. The molecule has 7 nitrogen and oxygen atoms in total. The van der Waals surface area contributed by atoms with Gasteiger partial charge in [-0.2, -0.15) is 0 Å². The molecular formula is C18H16N2O5. The molecule has 0 spiro atoms. The van der Waals surface area contributed by atoms with Gasteiger partial charge in [-0.15, -0.1) is 0 Å². The van der Waals surface area contributed by atoms with Crippen molar-refractivity contribution in [2.75, 3.05) is 12.1 Å². The van der Waals surface area contributed by atoms with E-state index in [-0.39, 0.29) is 19.1 Å². The lowest BCUT2D eigenvalue weighted by molar-refractivity contribution is -0.124. The topological polar surface area (TPSA) is 96.9 Å². The maximum absolute atomic E-state index is 12.3. The molecule has 25 heavy (non-hydrogen) atoms. The highest BCUT2D eigenvalue weighted by Gasteiger charge is 2.14. The third-order valence-electron chi connectivity index (χ3n) is 3.56. The summed E-state index contributed by atoms with van der Waals surface area (Å²) in [6, 6.07) is 12.4. The smallest absolute Gasteiger partial charge is 0.267 e. The molecule has 0 bridgehead atoms. The van der Waals surface area contributed by atoms with E-state index in [1.807, 2.05) is 6.07 Å². The Morgan fingerprint density at radius 1 is 1.12 bits per heavy atom. The van der Waals surface area contributed by atoms with Crippen molar-refractivity contribution < 1.29 is 24.3 Å². The van der Waals surface area contributed by atoms with Crippen LogP contribution in [0.15, 0.2) is 48.5 Å². The summed E-state index contributed by atoms with van der Waals surface area (Å²) >= 11 is 0. The van der Waals surface area contributed by atoms with Gasteiger partial charge in [-0.1, -0.05) is 24.3 Å². The lowest BCUT2D eigenvalue weighted by Gasteiger charge is -2.09. The fourth-order valence-corrected chi connectivity index (χ4v) is 2.39. The van der Waals surface area contributed by atoms with E-state index >= 15 is 0 Å². The maximum atomic E-state index is 12.3. The molecule has 0 fully saturated rings. The Bertz CT molecular complexity index is 832. The molecule has 0 atom stereocenters. The van der Waals surface area contributed by atoms with Crippen LogP contribution in [0.4, 0.5) is 5.69 Å². The number of ether oxygens (including phenoxy) is 2. The van der Waals surface area contributed by atoms with Gasteiger partial charge in [0.15, 0.2) is 11.5 Å². The van der Waals surface area contributed by atoms with Crippen molar-refractivity contribution in [1.82, 2.24) is 5.48 Å². The Morgan fingerprint density at radius 2 is 1.92 bits per heavy atom. The number of rotatable bonds is 5. The highest BCUT2D eigenvalue weighted by Crippen LogP contribution is 2.32. The maximum Gasteiger partial charge on any atom is 0.267 e. The van der Waals surface area contributed by atoms with E-state index in [9.17, 15) is 9.59 Å². The number of hydrogen-bond donors (Lipinski definition) is 3.